The first-order valence-electron chi connectivity index (χ1n) is 7.40. The molecule has 1 heterocycles. The van der Waals surface area contributed by atoms with E-state index in [0.29, 0.717) is 5.75 Å². The van der Waals surface area contributed by atoms with E-state index in [1.165, 1.54) is 62.4 Å². The summed E-state index contributed by atoms with van der Waals surface area (Å²) in [6.45, 7) is 5.85. The molecule has 1 aliphatic heterocycles. The minimum Gasteiger partial charge on any atom is -0.508 e. The van der Waals surface area contributed by atoms with E-state index in [4.69, 9.17) is 0 Å². The molecule has 1 N–H and O–H groups in total. The first kappa shape index (κ1) is 14.7. The Bertz CT molecular complexity index is 388. The van der Waals surface area contributed by atoms with Gasteiger partial charge in [0.2, 0.25) is 0 Å². The molecule has 1 aromatic rings. The second-order valence-electron chi connectivity index (χ2n) is 5.41. The molecule has 1 aromatic carbocycles. The van der Waals surface area contributed by atoms with Crippen molar-refractivity contribution >= 4 is 11.8 Å². The van der Waals surface area contributed by atoms with E-state index in [0.717, 1.165) is 5.56 Å². The van der Waals surface area contributed by atoms with Gasteiger partial charge in [0.05, 0.1) is 0 Å². The number of aromatic hydroxyl groups is 1. The Morgan fingerprint density at radius 3 is 2.68 bits per heavy atom. The van der Waals surface area contributed by atoms with E-state index >= 15 is 0 Å². The Balaban J connectivity index is 1.59. The molecule has 3 heteroatoms. The van der Waals surface area contributed by atoms with E-state index in [2.05, 4.69) is 11.0 Å². The monoisotopic (exact) mass is 279 g/mol. The summed E-state index contributed by atoms with van der Waals surface area (Å²) in [5, 5.41) is 9.48. The van der Waals surface area contributed by atoms with Gasteiger partial charge >= 0.3 is 0 Å². The molecule has 0 atom stereocenters. The summed E-state index contributed by atoms with van der Waals surface area (Å²) in [6.07, 6.45) is 6.79. The summed E-state index contributed by atoms with van der Waals surface area (Å²) in [7, 11) is 0. The van der Waals surface area contributed by atoms with Crippen molar-refractivity contribution in [3.63, 3.8) is 0 Å². The Kier molecular flexibility index (Phi) is 6.05. The Labute approximate surface area is 121 Å². The van der Waals surface area contributed by atoms with Crippen LogP contribution in [0.25, 0.3) is 0 Å². The lowest BCUT2D eigenvalue weighted by Gasteiger charge is -2.26. The third-order valence-corrected chi connectivity index (χ3v) is 4.83. The molecule has 1 fully saturated rings. The second-order valence-corrected chi connectivity index (χ2v) is 6.57. The number of likely N-dealkylation sites (tertiary alicyclic amines) is 1. The highest BCUT2D eigenvalue weighted by Gasteiger charge is 2.08. The van der Waals surface area contributed by atoms with Crippen molar-refractivity contribution in [1.29, 1.82) is 0 Å². The van der Waals surface area contributed by atoms with Gasteiger partial charge in [-0.3, -0.25) is 0 Å². The fourth-order valence-electron chi connectivity index (χ4n) is 2.53. The van der Waals surface area contributed by atoms with Crippen molar-refractivity contribution in [3.8, 4) is 5.75 Å². The molecule has 0 unspecified atom stereocenters. The maximum absolute atomic E-state index is 9.48. The third-order valence-electron chi connectivity index (χ3n) is 3.75. The first-order valence-corrected chi connectivity index (χ1v) is 8.39. The third kappa shape index (κ3) is 5.07. The Morgan fingerprint density at radius 2 is 1.95 bits per heavy atom. The summed E-state index contributed by atoms with van der Waals surface area (Å²) in [5.74, 6) is 1.58. The highest BCUT2D eigenvalue weighted by atomic mass is 32.2. The summed E-state index contributed by atoms with van der Waals surface area (Å²) in [5.41, 5.74) is 0.971. The largest absolute Gasteiger partial charge is 0.508 e. The van der Waals surface area contributed by atoms with Crippen molar-refractivity contribution in [2.24, 2.45) is 0 Å². The fraction of sp³-hybridized carbons (Fsp3) is 0.625. The number of phenols is 1. The second kappa shape index (κ2) is 7.81. The Morgan fingerprint density at radius 1 is 1.16 bits per heavy atom. The van der Waals surface area contributed by atoms with Crippen molar-refractivity contribution in [2.45, 2.75) is 43.9 Å². The SMILES string of the molecule is Cc1cc(SCCCCN2CCCCC2)ccc1O. The average Bonchev–Trinajstić information content (AvgIpc) is 2.43. The minimum absolute atomic E-state index is 0.398. The van der Waals surface area contributed by atoms with Crippen LogP contribution in [0.4, 0.5) is 0 Å². The predicted molar refractivity (Wildman–Crippen MR) is 83.1 cm³/mol. The number of rotatable bonds is 6. The molecule has 2 rings (SSSR count). The van der Waals surface area contributed by atoms with Crippen LogP contribution in [0.3, 0.4) is 0 Å². The van der Waals surface area contributed by atoms with Crippen LogP contribution in [0.1, 0.15) is 37.7 Å². The van der Waals surface area contributed by atoms with Gasteiger partial charge in [0.25, 0.3) is 0 Å². The van der Waals surface area contributed by atoms with Crippen LogP contribution in [0.15, 0.2) is 23.1 Å². The minimum atomic E-state index is 0.398. The molecule has 0 aliphatic carbocycles. The van der Waals surface area contributed by atoms with Gasteiger partial charge in [-0.2, -0.15) is 0 Å². The Hall–Kier alpha value is -0.670. The summed E-state index contributed by atoms with van der Waals surface area (Å²) in [6, 6.07) is 5.88. The zero-order valence-corrected chi connectivity index (χ0v) is 12.7. The van der Waals surface area contributed by atoms with Gasteiger partial charge in [-0.1, -0.05) is 6.42 Å². The highest BCUT2D eigenvalue weighted by Crippen LogP contribution is 2.25. The van der Waals surface area contributed by atoms with E-state index in [9.17, 15) is 5.11 Å². The maximum Gasteiger partial charge on any atom is 0.118 e. The van der Waals surface area contributed by atoms with Gasteiger partial charge in [0, 0.05) is 4.90 Å². The number of benzene rings is 1. The molecule has 2 nitrogen and oxygen atoms in total. The lowest BCUT2D eigenvalue weighted by Crippen LogP contribution is -2.30. The van der Waals surface area contributed by atoms with Crippen molar-refractivity contribution in [2.75, 3.05) is 25.4 Å². The molecule has 0 bridgehead atoms. The molecule has 1 saturated heterocycles. The summed E-state index contributed by atoms with van der Waals surface area (Å²) in [4.78, 5) is 3.88. The van der Waals surface area contributed by atoms with Crippen LogP contribution in [-0.4, -0.2) is 35.4 Å². The van der Waals surface area contributed by atoms with Crippen LogP contribution in [-0.2, 0) is 0 Å². The van der Waals surface area contributed by atoms with Crippen molar-refractivity contribution in [3.05, 3.63) is 23.8 Å². The molecule has 0 radical (unpaired) electrons. The smallest absolute Gasteiger partial charge is 0.118 e. The standard InChI is InChI=1S/C16H25NOS/c1-14-13-15(7-8-16(14)18)19-12-6-5-11-17-9-3-2-4-10-17/h7-8,13,18H,2-6,9-12H2,1H3. The number of phenolic OH excluding ortho intramolecular Hbond substituents is 1. The molecule has 0 spiro atoms. The summed E-state index contributed by atoms with van der Waals surface area (Å²) >= 11 is 1.90. The normalized spacial score (nSPS) is 16.7. The van der Waals surface area contributed by atoms with E-state index in [1.807, 2.05) is 24.8 Å². The van der Waals surface area contributed by atoms with Gasteiger partial charge in [-0.25, -0.2) is 0 Å². The van der Waals surface area contributed by atoms with E-state index in [-0.39, 0.29) is 0 Å². The zero-order chi connectivity index (χ0) is 13.5. The number of piperidine rings is 1. The topological polar surface area (TPSA) is 23.5 Å². The molecule has 1 aliphatic rings. The number of unbranched alkanes of at least 4 members (excludes halogenated alkanes) is 1. The quantitative estimate of drug-likeness (QED) is 0.627. The van der Waals surface area contributed by atoms with Crippen molar-refractivity contribution < 1.29 is 5.11 Å². The zero-order valence-electron chi connectivity index (χ0n) is 11.9. The average molecular weight is 279 g/mol. The van der Waals surface area contributed by atoms with E-state index < -0.39 is 0 Å². The van der Waals surface area contributed by atoms with Gasteiger partial charge in [-0.05, 0) is 81.8 Å². The molecule has 19 heavy (non-hydrogen) atoms. The van der Waals surface area contributed by atoms with Gasteiger partial charge < -0.3 is 10.0 Å². The molecule has 106 valence electrons. The lowest BCUT2D eigenvalue weighted by atomic mass is 10.1. The number of hydrogen-bond donors (Lipinski definition) is 1. The summed E-state index contributed by atoms with van der Waals surface area (Å²) < 4.78 is 0. The van der Waals surface area contributed by atoms with Crippen molar-refractivity contribution in [1.82, 2.24) is 4.90 Å². The van der Waals surface area contributed by atoms with Gasteiger partial charge in [-0.15, -0.1) is 11.8 Å². The molecule has 0 amide bonds. The lowest BCUT2D eigenvalue weighted by molar-refractivity contribution is 0.226. The number of aryl methyl sites for hydroxylation is 1. The highest BCUT2D eigenvalue weighted by molar-refractivity contribution is 7.99. The van der Waals surface area contributed by atoms with Gasteiger partial charge in [0.1, 0.15) is 5.75 Å². The van der Waals surface area contributed by atoms with Crippen LogP contribution in [0.5, 0.6) is 5.75 Å². The van der Waals surface area contributed by atoms with Crippen LogP contribution < -0.4 is 0 Å². The molecule has 0 saturated carbocycles. The molecular weight excluding hydrogens is 254 g/mol. The van der Waals surface area contributed by atoms with Crippen LogP contribution >= 0.6 is 11.8 Å². The number of hydrogen-bond acceptors (Lipinski definition) is 3. The van der Waals surface area contributed by atoms with Crippen LogP contribution in [0.2, 0.25) is 0 Å². The predicted octanol–water partition coefficient (Wildman–Crippen LogP) is 4.06. The van der Waals surface area contributed by atoms with E-state index in [1.54, 1.807) is 6.07 Å². The number of thioether (sulfide) groups is 1. The number of nitrogens with zero attached hydrogens (tertiary/aromatic N) is 1. The molecule has 0 aromatic heterocycles. The van der Waals surface area contributed by atoms with Crippen LogP contribution in [0, 0.1) is 6.92 Å². The molecular formula is C16H25NOS. The maximum atomic E-state index is 9.48. The first-order chi connectivity index (χ1) is 9.25. The fourth-order valence-corrected chi connectivity index (χ4v) is 3.54. The van der Waals surface area contributed by atoms with Gasteiger partial charge in [0.15, 0.2) is 0 Å².